The van der Waals surface area contributed by atoms with E-state index in [1.54, 1.807) is 0 Å². The van der Waals surface area contributed by atoms with Crippen molar-refractivity contribution in [3.8, 4) is 4.97 Å². The zero-order valence-corrected chi connectivity index (χ0v) is 8.61. The molecule has 19 valence electrons. The van der Waals surface area contributed by atoms with Gasteiger partial charge in [0.25, 0.3) is 0 Å². The summed E-state index contributed by atoms with van der Waals surface area (Å²) < 4.78 is 0. The van der Waals surface area contributed by atoms with E-state index in [1.165, 1.54) is 4.97 Å². The number of hydrogen-bond donors (Lipinski definition) is 0. The molecule has 0 aromatic rings. The molecule has 4 heavy (non-hydrogen) atoms. The van der Waals surface area contributed by atoms with Gasteiger partial charge in [-0.1, -0.05) is 0 Å². The van der Waals surface area contributed by atoms with Gasteiger partial charge in [-0.3, -0.25) is 0 Å². The molecule has 0 aliphatic carbocycles. The Morgan fingerprint density at radius 2 is 1.75 bits per heavy atom. The first-order chi connectivity index (χ1) is 1.41. The summed E-state index contributed by atoms with van der Waals surface area (Å²) in [5.74, 6) is 0. The Morgan fingerprint density at radius 1 is 1.75 bits per heavy atom. The van der Waals surface area contributed by atoms with Gasteiger partial charge in [0.15, 0.2) is 0 Å². The van der Waals surface area contributed by atoms with E-state index >= 15 is 0 Å². The molecule has 3 heteroatoms. The number of rotatable bonds is 0. The standard InChI is InChI=1S/CN.Fe.Hg/c1-2;;. The minimum absolute atomic E-state index is 0. The Hall–Kier alpha value is 0.945. The molecule has 0 N–H and O–H groups in total. The molecule has 0 saturated heterocycles. The van der Waals surface area contributed by atoms with E-state index in [0.29, 0.717) is 0 Å². The second-order valence-electron chi connectivity index (χ2n) is 0.0791. The molecular weight excluding hydrogens is 282 g/mol. The molecule has 0 aliphatic rings. The van der Waals surface area contributed by atoms with E-state index in [0.717, 1.165) is 0 Å². The van der Waals surface area contributed by atoms with Gasteiger partial charge >= 0.3 is 26.2 Å². The van der Waals surface area contributed by atoms with Crippen LogP contribution in [0.5, 0.6) is 0 Å². The molecule has 0 amide bonds. The van der Waals surface area contributed by atoms with E-state index in [-0.39, 0.29) is 27.7 Å². The second-order valence-corrected chi connectivity index (χ2v) is 0.326. The molecule has 1 nitrogen and oxygen atoms in total. The smallest absolute Gasteiger partial charge is 0 e. The van der Waals surface area contributed by atoms with Crippen molar-refractivity contribution in [1.82, 2.24) is 0 Å². The molecular formula is CFeHgN. The summed E-state index contributed by atoms with van der Waals surface area (Å²) in [4.78, 5) is 1.50. The Balaban J connectivity index is 0. The van der Waals surface area contributed by atoms with Gasteiger partial charge < -0.3 is 0 Å². The summed E-state index contributed by atoms with van der Waals surface area (Å²) in [5, 5.41) is 7.21. The maximum Gasteiger partial charge on any atom is 0 e. The van der Waals surface area contributed by atoms with Crippen LogP contribution < -0.4 is 0 Å². The van der Waals surface area contributed by atoms with E-state index in [1.807, 2.05) is 0 Å². The van der Waals surface area contributed by atoms with Crippen LogP contribution in [0.1, 0.15) is 0 Å². The minimum atomic E-state index is 0. The van der Waals surface area contributed by atoms with Crippen LogP contribution in [0.3, 0.4) is 0 Å². The third-order valence-electron chi connectivity index (χ3n) is 0. The Kier molecular flexibility index (Phi) is 20.1. The molecule has 0 heterocycles. The fourth-order valence-electron chi connectivity index (χ4n) is 0. The SMILES string of the molecule is N#[C][Fe].[Hg]. The fraction of sp³-hybridized carbons (Fsp3) is 0. The van der Waals surface area contributed by atoms with Crippen molar-refractivity contribution >= 4 is 0 Å². The van der Waals surface area contributed by atoms with E-state index < -0.39 is 0 Å². The van der Waals surface area contributed by atoms with Crippen molar-refractivity contribution in [1.29, 1.82) is 5.26 Å². The first-order valence-corrected chi connectivity index (χ1v) is 0.952. The molecule has 0 aromatic carbocycles. The summed E-state index contributed by atoms with van der Waals surface area (Å²) in [5.41, 5.74) is 0. The van der Waals surface area contributed by atoms with Crippen molar-refractivity contribution in [3.63, 3.8) is 0 Å². The van der Waals surface area contributed by atoms with Gasteiger partial charge in [-0.25, -0.2) is 0 Å². The van der Waals surface area contributed by atoms with Gasteiger partial charge in [0.05, 0.1) is 0 Å². The van der Waals surface area contributed by atoms with E-state index in [2.05, 4.69) is 16.0 Å². The zero-order chi connectivity index (χ0) is 2.71. The molecule has 0 radical (unpaired) electrons. The third-order valence-corrected chi connectivity index (χ3v) is 0. The van der Waals surface area contributed by atoms with Crippen LogP contribution in [-0.2, 0) is 43.7 Å². The Morgan fingerprint density at radius 3 is 1.75 bits per heavy atom. The van der Waals surface area contributed by atoms with Crippen molar-refractivity contribution in [2.75, 3.05) is 0 Å². The van der Waals surface area contributed by atoms with Gasteiger partial charge in [0.1, 0.15) is 0 Å². The van der Waals surface area contributed by atoms with Crippen LogP contribution in [0.4, 0.5) is 0 Å². The summed E-state index contributed by atoms with van der Waals surface area (Å²) in [7, 11) is 0. The summed E-state index contributed by atoms with van der Waals surface area (Å²) >= 11 is 2.79. The van der Waals surface area contributed by atoms with Crippen molar-refractivity contribution in [2.45, 2.75) is 0 Å². The Labute approximate surface area is 53.7 Å². The maximum absolute atomic E-state index is 7.21. The molecule has 0 bridgehead atoms. The summed E-state index contributed by atoms with van der Waals surface area (Å²) in [6, 6.07) is 0. The van der Waals surface area contributed by atoms with Gasteiger partial charge in [-0.15, -0.1) is 0 Å². The normalized spacial score (nSPS) is 2.00. The number of hydrogen-bond acceptors (Lipinski definition) is 1. The molecule has 0 aliphatic heterocycles. The van der Waals surface area contributed by atoms with Gasteiger partial charge in [-0.2, -0.15) is 0 Å². The van der Waals surface area contributed by atoms with Gasteiger partial charge in [-0.05, 0) is 0 Å². The third kappa shape index (κ3) is 12.5. The van der Waals surface area contributed by atoms with E-state index in [9.17, 15) is 0 Å². The number of nitriles is 1. The maximum atomic E-state index is 7.21. The summed E-state index contributed by atoms with van der Waals surface area (Å²) in [6.07, 6.45) is 0. The molecule has 0 saturated carbocycles. The molecule has 0 rings (SSSR count). The first kappa shape index (κ1) is 8.87. The average Bonchev–Trinajstić information content (AvgIpc) is 0.918. The molecule has 0 atom stereocenters. The van der Waals surface area contributed by atoms with Gasteiger partial charge in [0.2, 0.25) is 0 Å². The van der Waals surface area contributed by atoms with Crippen LogP contribution >= 0.6 is 0 Å². The molecule has 0 unspecified atom stereocenters. The first-order valence-electron chi connectivity index (χ1n) is 0.400. The van der Waals surface area contributed by atoms with Crippen LogP contribution in [-0.4, -0.2) is 0 Å². The van der Waals surface area contributed by atoms with Crippen molar-refractivity contribution in [3.05, 3.63) is 0 Å². The van der Waals surface area contributed by atoms with Crippen LogP contribution in [0, 0.1) is 10.2 Å². The minimum Gasteiger partial charge on any atom is 0 e. The predicted octanol–water partition coefficient (Wildman–Crippen LogP) is 0.0118. The Bertz CT molecular complexity index is 29.5. The van der Waals surface area contributed by atoms with E-state index in [4.69, 9.17) is 5.26 Å². The van der Waals surface area contributed by atoms with Crippen molar-refractivity contribution < 1.29 is 43.7 Å². The molecule has 0 fully saturated rings. The fourth-order valence-corrected chi connectivity index (χ4v) is 0. The van der Waals surface area contributed by atoms with Gasteiger partial charge in [0, 0.05) is 27.7 Å². The van der Waals surface area contributed by atoms with Crippen LogP contribution in [0.25, 0.3) is 0 Å². The molecule has 0 spiro atoms. The largest absolute Gasteiger partial charge is 0 e. The summed E-state index contributed by atoms with van der Waals surface area (Å²) in [6.45, 7) is 0. The predicted molar refractivity (Wildman–Crippen MR) is 5.61 cm³/mol. The second kappa shape index (κ2) is 9.04. The zero-order valence-electron chi connectivity index (χ0n) is 2.01. The quantitative estimate of drug-likeness (QED) is 0.574. The average molecular weight is 282 g/mol. The number of nitrogens with zero attached hydrogens (tertiary/aromatic N) is 1. The molecule has 0 aromatic heterocycles. The van der Waals surface area contributed by atoms with Crippen molar-refractivity contribution in [2.24, 2.45) is 0 Å². The monoisotopic (exact) mass is 284 g/mol. The van der Waals surface area contributed by atoms with Crippen LogP contribution in [0.15, 0.2) is 0 Å². The topological polar surface area (TPSA) is 23.8 Å². The van der Waals surface area contributed by atoms with Crippen LogP contribution in [0.2, 0.25) is 0 Å².